The summed E-state index contributed by atoms with van der Waals surface area (Å²) in [5, 5.41) is 3.46. The van der Waals surface area contributed by atoms with Gasteiger partial charge in [0.15, 0.2) is 0 Å². The van der Waals surface area contributed by atoms with Crippen LogP contribution in [-0.2, 0) is 9.59 Å². The minimum Gasteiger partial charge on any atom is -0.495 e. The molecule has 1 aliphatic rings. The van der Waals surface area contributed by atoms with Crippen LogP contribution in [0, 0.1) is 0 Å². The molecule has 0 unspecified atom stereocenters. The number of benzene rings is 1. The van der Waals surface area contributed by atoms with E-state index in [0.29, 0.717) is 22.0 Å². The van der Waals surface area contributed by atoms with Crippen LogP contribution in [0.25, 0.3) is 0 Å². The highest BCUT2D eigenvalue weighted by molar-refractivity contribution is 6.33. The summed E-state index contributed by atoms with van der Waals surface area (Å²) >= 11 is 12.2. The van der Waals surface area contributed by atoms with Gasteiger partial charge in [0, 0.05) is 29.7 Å². The molecule has 1 aromatic heterocycles. The van der Waals surface area contributed by atoms with Gasteiger partial charge in [-0.1, -0.05) is 36.9 Å². The van der Waals surface area contributed by atoms with Crippen molar-refractivity contribution < 1.29 is 14.3 Å². The summed E-state index contributed by atoms with van der Waals surface area (Å²) in [6.45, 7) is 0. The van der Waals surface area contributed by atoms with E-state index in [9.17, 15) is 9.59 Å². The maximum absolute atomic E-state index is 13.4. The van der Waals surface area contributed by atoms with Gasteiger partial charge in [0.2, 0.25) is 11.8 Å². The van der Waals surface area contributed by atoms with Gasteiger partial charge in [-0.2, -0.15) is 0 Å². The van der Waals surface area contributed by atoms with Crippen molar-refractivity contribution in [1.29, 1.82) is 0 Å². The van der Waals surface area contributed by atoms with E-state index in [1.54, 1.807) is 42.7 Å². The van der Waals surface area contributed by atoms with Gasteiger partial charge in [0.05, 0.1) is 12.1 Å². The number of aromatic nitrogens is 1. The van der Waals surface area contributed by atoms with Crippen LogP contribution < -0.4 is 15.0 Å². The number of carbonyl (C=O) groups excluding carboxylic acids is 2. The predicted molar refractivity (Wildman–Crippen MR) is 118 cm³/mol. The number of nitrogens with one attached hydrogen (secondary N) is 1. The molecule has 1 aliphatic carbocycles. The molecule has 1 fully saturated rings. The van der Waals surface area contributed by atoms with E-state index in [4.69, 9.17) is 27.9 Å². The molecule has 30 heavy (non-hydrogen) atoms. The Hall–Kier alpha value is -2.31. The average Bonchev–Trinajstić information content (AvgIpc) is 2.78. The number of pyridine rings is 1. The van der Waals surface area contributed by atoms with E-state index in [-0.39, 0.29) is 17.8 Å². The van der Waals surface area contributed by atoms with Crippen LogP contribution in [0.1, 0.15) is 43.7 Å². The van der Waals surface area contributed by atoms with Crippen molar-refractivity contribution >= 4 is 40.7 Å². The Morgan fingerprint density at radius 2 is 2.03 bits per heavy atom. The molecular formula is C22H25Cl2N3O3. The summed E-state index contributed by atoms with van der Waals surface area (Å²) in [5.41, 5.74) is 1.05. The number of hydrogen-bond donors (Lipinski definition) is 1. The second kappa shape index (κ2) is 10.6. The standard InChI is InChI=1S/C22H25Cl2N3O3/c1-30-19-10-9-17(12-18(19)24)27(20(28)13-23)21(15-6-5-11-25-14-15)22(29)26-16-7-3-2-4-8-16/h5-6,9-12,14,16,21H,2-4,7-8,13H2,1H3,(H,26,29)/t21-/m1/s1. The molecule has 0 saturated heterocycles. The summed E-state index contributed by atoms with van der Waals surface area (Å²) in [6, 6.07) is 7.63. The van der Waals surface area contributed by atoms with Crippen molar-refractivity contribution in [3.63, 3.8) is 0 Å². The van der Waals surface area contributed by atoms with Crippen molar-refractivity contribution in [3.8, 4) is 5.75 Å². The van der Waals surface area contributed by atoms with Crippen LogP contribution in [0.15, 0.2) is 42.7 Å². The van der Waals surface area contributed by atoms with Gasteiger partial charge in [0.25, 0.3) is 0 Å². The molecule has 1 aromatic carbocycles. The summed E-state index contributed by atoms with van der Waals surface area (Å²) < 4.78 is 5.21. The zero-order valence-electron chi connectivity index (χ0n) is 16.8. The summed E-state index contributed by atoms with van der Waals surface area (Å²) in [5.74, 6) is -0.481. The van der Waals surface area contributed by atoms with Gasteiger partial charge in [-0.3, -0.25) is 19.5 Å². The van der Waals surface area contributed by atoms with E-state index in [1.165, 1.54) is 18.4 Å². The molecule has 0 aliphatic heterocycles. The third kappa shape index (κ3) is 5.24. The molecule has 2 amide bonds. The Morgan fingerprint density at radius 3 is 2.63 bits per heavy atom. The molecule has 160 valence electrons. The van der Waals surface area contributed by atoms with Gasteiger partial charge >= 0.3 is 0 Å². The van der Waals surface area contributed by atoms with Crippen molar-refractivity contribution in [2.24, 2.45) is 0 Å². The van der Waals surface area contributed by atoms with Crippen LogP contribution in [0.2, 0.25) is 5.02 Å². The lowest BCUT2D eigenvalue weighted by molar-refractivity contribution is -0.126. The van der Waals surface area contributed by atoms with Gasteiger partial charge in [0.1, 0.15) is 17.7 Å². The molecule has 0 bridgehead atoms. The fraction of sp³-hybridized carbons (Fsp3) is 0.409. The molecular weight excluding hydrogens is 425 g/mol. The molecule has 1 atom stereocenters. The number of nitrogens with zero attached hydrogens (tertiary/aromatic N) is 2. The number of halogens is 2. The number of amides is 2. The van der Waals surface area contributed by atoms with Crippen LogP contribution in [-0.4, -0.2) is 35.8 Å². The first-order valence-electron chi connectivity index (χ1n) is 9.97. The number of methoxy groups -OCH3 is 1. The average molecular weight is 450 g/mol. The zero-order valence-corrected chi connectivity index (χ0v) is 18.3. The van der Waals surface area contributed by atoms with Crippen molar-refractivity contribution in [1.82, 2.24) is 10.3 Å². The number of hydrogen-bond acceptors (Lipinski definition) is 4. The first kappa shape index (κ1) is 22.4. The quantitative estimate of drug-likeness (QED) is 0.631. The third-order valence-electron chi connectivity index (χ3n) is 5.25. The number of anilines is 1. The van der Waals surface area contributed by atoms with Crippen molar-refractivity contribution in [3.05, 3.63) is 53.3 Å². The number of carbonyl (C=O) groups is 2. The highest BCUT2D eigenvalue weighted by Gasteiger charge is 2.34. The van der Waals surface area contributed by atoms with E-state index in [2.05, 4.69) is 10.3 Å². The van der Waals surface area contributed by atoms with Crippen LogP contribution >= 0.6 is 23.2 Å². The number of rotatable bonds is 7. The van der Waals surface area contributed by atoms with Gasteiger partial charge < -0.3 is 10.1 Å². The highest BCUT2D eigenvalue weighted by atomic mass is 35.5. The van der Waals surface area contributed by atoms with Crippen molar-refractivity contribution in [2.75, 3.05) is 17.9 Å². The normalized spacial score (nSPS) is 15.3. The fourth-order valence-electron chi connectivity index (χ4n) is 3.79. The molecule has 0 radical (unpaired) electrons. The SMILES string of the molecule is COc1ccc(N(C(=O)CCl)[C@@H](C(=O)NC2CCCCC2)c2cccnc2)cc1Cl. The lowest BCUT2D eigenvalue weighted by Crippen LogP contribution is -2.47. The molecule has 0 spiro atoms. The second-order valence-corrected chi connectivity index (χ2v) is 7.92. The Labute approximate surface area is 186 Å². The molecule has 1 N–H and O–H groups in total. The first-order chi connectivity index (χ1) is 14.5. The van der Waals surface area contributed by atoms with Crippen LogP contribution in [0.3, 0.4) is 0 Å². The Bertz CT molecular complexity index is 873. The maximum atomic E-state index is 13.4. The Kier molecular flexibility index (Phi) is 7.94. The lowest BCUT2D eigenvalue weighted by atomic mass is 9.94. The number of ether oxygens (including phenoxy) is 1. The Balaban J connectivity index is 2.01. The first-order valence-corrected chi connectivity index (χ1v) is 10.9. The van der Waals surface area contributed by atoms with Gasteiger partial charge in [-0.15, -0.1) is 11.6 Å². The molecule has 8 heteroatoms. The molecule has 2 aromatic rings. The van der Waals surface area contributed by atoms with E-state index in [0.717, 1.165) is 25.7 Å². The lowest BCUT2D eigenvalue weighted by Gasteiger charge is -2.33. The third-order valence-corrected chi connectivity index (χ3v) is 5.78. The molecule has 6 nitrogen and oxygen atoms in total. The Morgan fingerprint density at radius 1 is 1.27 bits per heavy atom. The van der Waals surface area contributed by atoms with Crippen LogP contribution in [0.4, 0.5) is 5.69 Å². The predicted octanol–water partition coefficient (Wildman–Crippen LogP) is 4.51. The molecule has 1 heterocycles. The smallest absolute Gasteiger partial charge is 0.248 e. The fourth-order valence-corrected chi connectivity index (χ4v) is 4.17. The second-order valence-electron chi connectivity index (χ2n) is 7.25. The van der Waals surface area contributed by atoms with E-state index in [1.807, 2.05) is 0 Å². The number of alkyl halides is 1. The monoisotopic (exact) mass is 449 g/mol. The summed E-state index contributed by atoms with van der Waals surface area (Å²) in [4.78, 5) is 31.9. The van der Waals surface area contributed by atoms with E-state index < -0.39 is 11.9 Å². The maximum Gasteiger partial charge on any atom is 0.248 e. The minimum absolute atomic E-state index is 0.0952. The zero-order chi connectivity index (χ0) is 21.5. The van der Waals surface area contributed by atoms with Gasteiger partial charge in [-0.25, -0.2) is 0 Å². The van der Waals surface area contributed by atoms with E-state index >= 15 is 0 Å². The summed E-state index contributed by atoms with van der Waals surface area (Å²) in [7, 11) is 1.51. The molecule has 3 rings (SSSR count). The molecule has 1 saturated carbocycles. The largest absolute Gasteiger partial charge is 0.495 e. The summed E-state index contributed by atoms with van der Waals surface area (Å²) in [6.07, 6.45) is 8.43. The minimum atomic E-state index is -0.920. The van der Waals surface area contributed by atoms with Crippen LogP contribution in [0.5, 0.6) is 5.75 Å². The van der Waals surface area contributed by atoms with Gasteiger partial charge in [-0.05, 0) is 37.1 Å². The topological polar surface area (TPSA) is 71.5 Å². The van der Waals surface area contributed by atoms with Crippen molar-refractivity contribution in [2.45, 2.75) is 44.2 Å². The highest BCUT2D eigenvalue weighted by Crippen LogP contribution is 2.34.